The summed E-state index contributed by atoms with van der Waals surface area (Å²) in [4.78, 5) is 31.2. The van der Waals surface area contributed by atoms with Crippen LogP contribution in [0.5, 0.6) is 0 Å². The number of hydrogen-bond donors (Lipinski definition) is 1. The lowest BCUT2D eigenvalue weighted by Gasteiger charge is -2.37. The molecule has 3 heterocycles. The Morgan fingerprint density at radius 2 is 1.79 bits per heavy atom. The van der Waals surface area contributed by atoms with Crippen LogP contribution in [-0.2, 0) is 9.47 Å². The largest absolute Gasteiger partial charge is 0.347 e. The van der Waals surface area contributed by atoms with E-state index in [1.165, 1.54) is 12.4 Å². The molecule has 1 aromatic heterocycles. The van der Waals surface area contributed by atoms with E-state index >= 15 is 0 Å². The third-order valence-corrected chi connectivity index (χ3v) is 5.15. The molecular weight excluding hydrogens is 358 g/mol. The van der Waals surface area contributed by atoms with Crippen molar-refractivity contribution in [3.63, 3.8) is 0 Å². The SMILES string of the molecule is Cc1cccc(NC(=O)c2cncc(C(=O)N3CCC4(CC3)OCCO4)c2)c1. The average Bonchev–Trinajstić information content (AvgIpc) is 3.16. The number of hydrogen-bond acceptors (Lipinski definition) is 5. The number of nitrogens with one attached hydrogen (secondary N) is 1. The zero-order valence-corrected chi connectivity index (χ0v) is 15.8. The number of aryl methyl sites for hydroxylation is 1. The molecule has 2 aliphatic heterocycles. The number of nitrogens with zero attached hydrogens (tertiary/aromatic N) is 2. The van der Waals surface area contributed by atoms with Gasteiger partial charge in [0.15, 0.2) is 5.79 Å². The third-order valence-electron chi connectivity index (χ3n) is 5.15. The highest BCUT2D eigenvalue weighted by Crippen LogP contribution is 2.31. The highest BCUT2D eigenvalue weighted by Gasteiger charge is 2.40. The Labute approximate surface area is 163 Å². The van der Waals surface area contributed by atoms with Crippen LogP contribution in [0.1, 0.15) is 39.1 Å². The van der Waals surface area contributed by atoms with Gasteiger partial charge in [0.1, 0.15) is 0 Å². The maximum absolute atomic E-state index is 12.9. The minimum atomic E-state index is -0.523. The van der Waals surface area contributed by atoms with Crippen LogP contribution in [0, 0.1) is 6.92 Å². The van der Waals surface area contributed by atoms with Crippen molar-refractivity contribution in [2.45, 2.75) is 25.6 Å². The number of benzene rings is 1. The van der Waals surface area contributed by atoms with Gasteiger partial charge in [-0.05, 0) is 30.7 Å². The van der Waals surface area contributed by atoms with Gasteiger partial charge in [-0.25, -0.2) is 0 Å². The average molecular weight is 381 g/mol. The number of anilines is 1. The molecule has 2 saturated heterocycles. The second kappa shape index (κ2) is 7.69. The van der Waals surface area contributed by atoms with E-state index in [1.807, 2.05) is 31.2 Å². The Morgan fingerprint density at radius 1 is 1.07 bits per heavy atom. The molecule has 0 radical (unpaired) electrons. The standard InChI is InChI=1S/C21H23N3O4/c1-15-3-2-4-18(11-15)23-19(25)16-12-17(14-22-13-16)20(26)24-7-5-21(6-8-24)27-9-10-28-21/h2-4,11-14H,5-10H2,1H3,(H,23,25). The Balaban J connectivity index is 1.43. The molecule has 0 saturated carbocycles. The molecule has 2 amide bonds. The van der Waals surface area contributed by atoms with Crippen molar-refractivity contribution >= 4 is 17.5 Å². The zero-order chi connectivity index (χ0) is 19.6. The first-order valence-corrected chi connectivity index (χ1v) is 9.45. The minimum absolute atomic E-state index is 0.134. The molecule has 0 unspecified atom stereocenters. The Kier molecular flexibility index (Phi) is 5.11. The summed E-state index contributed by atoms with van der Waals surface area (Å²) in [6.07, 6.45) is 4.27. The summed E-state index contributed by atoms with van der Waals surface area (Å²) in [7, 11) is 0. The normalized spacial score (nSPS) is 18.2. The fourth-order valence-corrected chi connectivity index (χ4v) is 3.63. The van der Waals surface area contributed by atoms with Crippen LogP contribution in [0.15, 0.2) is 42.7 Å². The molecule has 1 aromatic carbocycles. The molecule has 7 nitrogen and oxygen atoms in total. The fraction of sp³-hybridized carbons (Fsp3) is 0.381. The van der Waals surface area contributed by atoms with Crippen molar-refractivity contribution < 1.29 is 19.1 Å². The molecule has 146 valence electrons. The highest BCUT2D eigenvalue weighted by molar-refractivity contribution is 6.05. The monoisotopic (exact) mass is 381 g/mol. The van der Waals surface area contributed by atoms with Gasteiger partial charge in [0.25, 0.3) is 11.8 Å². The summed E-state index contributed by atoms with van der Waals surface area (Å²) in [5, 5.41) is 2.84. The van der Waals surface area contributed by atoms with Gasteiger partial charge in [-0.15, -0.1) is 0 Å². The second-order valence-electron chi connectivity index (χ2n) is 7.19. The Hall–Kier alpha value is -2.77. The van der Waals surface area contributed by atoms with E-state index < -0.39 is 5.79 Å². The van der Waals surface area contributed by atoms with Gasteiger partial charge >= 0.3 is 0 Å². The summed E-state index contributed by atoms with van der Waals surface area (Å²) in [5.74, 6) is -0.950. The Morgan fingerprint density at radius 3 is 2.50 bits per heavy atom. The molecule has 1 spiro atoms. The van der Waals surface area contributed by atoms with E-state index in [1.54, 1.807) is 11.0 Å². The molecule has 0 atom stereocenters. The maximum atomic E-state index is 12.9. The summed E-state index contributed by atoms with van der Waals surface area (Å²) >= 11 is 0. The van der Waals surface area contributed by atoms with Crippen molar-refractivity contribution in [2.75, 3.05) is 31.6 Å². The molecular formula is C21H23N3O4. The lowest BCUT2D eigenvalue weighted by molar-refractivity contribution is -0.181. The molecule has 2 aliphatic rings. The molecule has 0 aliphatic carbocycles. The van der Waals surface area contributed by atoms with E-state index in [2.05, 4.69) is 10.3 Å². The number of carbonyl (C=O) groups is 2. The van der Waals surface area contributed by atoms with Gasteiger partial charge in [0, 0.05) is 44.0 Å². The molecule has 1 N–H and O–H groups in total. The van der Waals surface area contributed by atoms with E-state index in [4.69, 9.17) is 9.47 Å². The number of pyridine rings is 1. The topological polar surface area (TPSA) is 80.8 Å². The number of aromatic nitrogens is 1. The predicted octanol–water partition coefficient (Wildman–Crippen LogP) is 2.62. The predicted molar refractivity (Wildman–Crippen MR) is 103 cm³/mol. The van der Waals surface area contributed by atoms with Crippen LogP contribution in [-0.4, -0.2) is 53.8 Å². The van der Waals surface area contributed by atoms with Gasteiger partial charge in [0.2, 0.25) is 0 Å². The highest BCUT2D eigenvalue weighted by atomic mass is 16.7. The van der Waals surface area contributed by atoms with Gasteiger partial charge in [-0.1, -0.05) is 12.1 Å². The number of likely N-dealkylation sites (tertiary alicyclic amines) is 1. The van der Waals surface area contributed by atoms with Crippen molar-refractivity contribution in [3.8, 4) is 0 Å². The van der Waals surface area contributed by atoms with E-state index in [0.717, 1.165) is 5.56 Å². The molecule has 28 heavy (non-hydrogen) atoms. The van der Waals surface area contributed by atoms with E-state index in [0.29, 0.717) is 56.0 Å². The first-order chi connectivity index (χ1) is 13.5. The lowest BCUT2D eigenvalue weighted by Crippen LogP contribution is -2.47. The number of rotatable bonds is 3. The van der Waals surface area contributed by atoms with E-state index in [-0.39, 0.29) is 11.8 Å². The van der Waals surface area contributed by atoms with Crippen molar-refractivity contribution in [2.24, 2.45) is 0 Å². The first-order valence-electron chi connectivity index (χ1n) is 9.45. The molecule has 7 heteroatoms. The number of carbonyl (C=O) groups excluding carboxylic acids is 2. The molecule has 4 rings (SSSR count). The van der Waals surface area contributed by atoms with Crippen LogP contribution < -0.4 is 5.32 Å². The zero-order valence-electron chi connectivity index (χ0n) is 15.8. The fourth-order valence-electron chi connectivity index (χ4n) is 3.63. The summed E-state index contributed by atoms with van der Waals surface area (Å²) in [5.41, 5.74) is 2.52. The second-order valence-corrected chi connectivity index (χ2v) is 7.19. The van der Waals surface area contributed by atoms with Crippen LogP contribution in [0.3, 0.4) is 0 Å². The third kappa shape index (κ3) is 3.90. The molecule has 2 aromatic rings. The quantitative estimate of drug-likeness (QED) is 0.884. The van der Waals surface area contributed by atoms with Gasteiger partial charge < -0.3 is 19.7 Å². The first kappa shape index (κ1) is 18.6. The van der Waals surface area contributed by atoms with Crippen molar-refractivity contribution in [1.82, 2.24) is 9.88 Å². The lowest BCUT2D eigenvalue weighted by atomic mass is 10.0. The van der Waals surface area contributed by atoms with Crippen molar-refractivity contribution in [1.29, 1.82) is 0 Å². The van der Waals surface area contributed by atoms with Crippen LogP contribution >= 0.6 is 0 Å². The van der Waals surface area contributed by atoms with Crippen LogP contribution in [0.25, 0.3) is 0 Å². The van der Waals surface area contributed by atoms with Crippen LogP contribution in [0.4, 0.5) is 5.69 Å². The summed E-state index contributed by atoms with van der Waals surface area (Å²) in [6.45, 7) is 4.28. The molecule has 0 bridgehead atoms. The minimum Gasteiger partial charge on any atom is -0.347 e. The summed E-state index contributed by atoms with van der Waals surface area (Å²) < 4.78 is 11.4. The number of amides is 2. The molecule has 2 fully saturated rings. The van der Waals surface area contributed by atoms with Gasteiger partial charge in [-0.2, -0.15) is 0 Å². The summed E-state index contributed by atoms with van der Waals surface area (Å²) in [6, 6.07) is 9.14. The number of piperidine rings is 1. The van der Waals surface area contributed by atoms with Gasteiger partial charge in [-0.3, -0.25) is 14.6 Å². The van der Waals surface area contributed by atoms with E-state index in [9.17, 15) is 9.59 Å². The number of ether oxygens (including phenoxy) is 2. The maximum Gasteiger partial charge on any atom is 0.257 e. The van der Waals surface area contributed by atoms with Crippen molar-refractivity contribution in [3.05, 3.63) is 59.4 Å². The smallest absolute Gasteiger partial charge is 0.257 e. The Bertz CT molecular complexity index is 883. The van der Waals surface area contributed by atoms with Gasteiger partial charge in [0.05, 0.1) is 24.3 Å². The van der Waals surface area contributed by atoms with Crippen LogP contribution in [0.2, 0.25) is 0 Å².